The van der Waals surface area contributed by atoms with Gasteiger partial charge >= 0.3 is 5.97 Å². The van der Waals surface area contributed by atoms with Crippen LogP contribution in [0.4, 0.5) is 0 Å². The average molecular weight is 1540 g/mol. The smallest absolute Gasteiger partial charge is 0.307 e. The number of pyridine rings is 2. The third-order valence-electron chi connectivity index (χ3n) is 17.4. The van der Waals surface area contributed by atoms with Crippen LogP contribution in [0, 0.1) is 11.8 Å². The van der Waals surface area contributed by atoms with Crippen LogP contribution in [0.5, 0.6) is 34.8 Å². The number of carboxylic acid groups (broad SMARTS) is 1. The first-order chi connectivity index (χ1) is 46.4. The highest BCUT2D eigenvalue weighted by Gasteiger charge is 2.63. The molecule has 2 aromatic heterocycles. The molecule has 2 aliphatic heterocycles. The van der Waals surface area contributed by atoms with Crippen LogP contribution in [0.15, 0.2) is 131 Å². The predicted molar refractivity (Wildman–Crippen MR) is 373 cm³/mol. The molecule has 0 bridgehead atoms. The van der Waals surface area contributed by atoms with E-state index < -0.39 is 95.3 Å². The Morgan fingerprint density at radius 1 is 0.643 bits per heavy atom. The number of nitrogens with zero attached hydrogens (tertiary/aromatic N) is 3. The third kappa shape index (κ3) is 17.1. The zero-order valence-corrected chi connectivity index (χ0v) is 59.7. The van der Waals surface area contributed by atoms with Crippen LogP contribution in [0.2, 0.25) is 0 Å². The fourth-order valence-corrected chi connectivity index (χ4v) is 15.7. The number of likely N-dealkylation sites (tertiary alicyclic amines) is 1. The van der Waals surface area contributed by atoms with Crippen LogP contribution in [0.25, 0.3) is 21.8 Å². The van der Waals surface area contributed by atoms with E-state index in [1.165, 1.54) is 11.0 Å². The van der Waals surface area contributed by atoms with Crippen molar-refractivity contribution in [2.75, 3.05) is 40.5 Å². The Bertz CT molecular complexity index is 4250. The Kier molecular flexibility index (Phi) is 23.8. The molecule has 98 heavy (non-hydrogen) atoms. The Labute approximate surface area is 590 Å². The Balaban J connectivity index is 0.000000202. The Morgan fingerprint density at radius 3 is 1.51 bits per heavy atom. The standard InChI is InChI=1S/C34H37BrN4O8S.C26H31BrN4O7S.C8H8O2.ClH/c1-4-21-18-34(21,33(42)38-48(43,44)23-11-12-23)37-32(41)25-16-22(19-39(25)29(40)15-20-9-7-6-8-10-20)47-27-17-28(46-5-2)36-31-24(27)13-14-26(45-3)30(31)35;1-4-14-12-26(14,25(33)31-39(34,35)16-6-7-16)30-24(32)18-10-15(13-28-18)38-20-11-21(37-5-2)29-23-17(20)8-9-19(36-3)22(23)27;9-8(10)6-7-4-2-1-3-5-7;/h4,6-10,13-14,17,21-23,25H,1,5,11-12,15-16,18-19H2,2-3H3,(H,37,41)(H,38,42);4,8-9,11,14-16,18,28H,1,5-7,10,12-13H2,2-3H3,(H,30,32)(H,31,33);1-5H,6H2,(H,9,10);1H/t21?,22-,25+,34-;14?,15-,18+,26-;;/m11../s1. The van der Waals surface area contributed by atoms with Crippen molar-refractivity contribution in [1.82, 2.24) is 40.3 Å². The first-order valence-electron chi connectivity index (χ1n) is 31.7. The number of benzene rings is 4. The van der Waals surface area contributed by atoms with Crippen LogP contribution in [0.3, 0.4) is 0 Å². The van der Waals surface area contributed by atoms with Crippen LogP contribution in [-0.2, 0) is 61.7 Å². The lowest BCUT2D eigenvalue weighted by Crippen LogP contribution is -2.56. The van der Waals surface area contributed by atoms with Crippen molar-refractivity contribution < 1.29 is 79.1 Å². The van der Waals surface area contributed by atoms with Crippen molar-refractivity contribution in [2.45, 2.75) is 124 Å². The number of hydrogen-bond acceptors (Lipinski definition) is 19. The lowest BCUT2D eigenvalue weighted by molar-refractivity contribution is -0.139. The molecular formula is C68H77Br2ClN8O17S2. The fourth-order valence-electron chi connectivity index (χ4n) is 11.8. The maximum absolute atomic E-state index is 14.0. The van der Waals surface area contributed by atoms with E-state index in [1.807, 2.05) is 80.6 Å². The second kappa shape index (κ2) is 31.4. The molecule has 0 spiro atoms. The minimum absolute atomic E-state index is 0. The van der Waals surface area contributed by atoms with Crippen molar-refractivity contribution in [1.29, 1.82) is 0 Å². The number of ether oxygens (including phenoxy) is 6. The molecule has 2 unspecified atom stereocenters. The number of carbonyl (C=O) groups is 6. The number of sulfonamides is 2. The van der Waals surface area contributed by atoms with E-state index in [4.69, 9.17) is 33.5 Å². The molecule has 25 nitrogen and oxygen atoms in total. The molecule has 4 saturated carbocycles. The number of fused-ring (bicyclic) bond motifs is 2. The average Bonchev–Trinajstić information content (AvgIpc) is 1.57. The van der Waals surface area contributed by atoms with E-state index in [2.05, 4.69) is 80.4 Å². The number of carboxylic acids is 1. The predicted octanol–water partition coefficient (Wildman–Crippen LogP) is 7.58. The summed E-state index contributed by atoms with van der Waals surface area (Å²) in [6.07, 6.45) is 5.27. The van der Waals surface area contributed by atoms with Gasteiger partial charge in [-0.15, -0.1) is 25.6 Å². The maximum atomic E-state index is 14.0. The minimum Gasteiger partial charge on any atom is -0.495 e. The number of aromatic nitrogens is 2. The van der Waals surface area contributed by atoms with Crippen molar-refractivity contribution in [3.8, 4) is 34.8 Å². The molecule has 0 radical (unpaired) electrons. The van der Waals surface area contributed by atoms with Gasteiger partial charge in [0, 0.05) is 54.1 Å². The molecule has 4 aromatic carbocycles. The van der Waals surface area contributed by atoms with Crippen molar-refractivity contribution in [3.63, 3.8) is 0 Å². The van der Waals surface area contributed by atoms with Crippen LogP contribution < -0.4 is 53.8 Å². The third-order valence-corrected chi connectivity index (χ3v) is 22.6. The summed E-state index contributed by atoms with van der Waals surface area (Å²) in [6, 6.07) is 27.3. The van der Waals surface area contributed by atoms with E-state index in [9.17, 15) is 45.6 Å². The molecule has 6 fully saturated rings. The normalized spacial score (nSPS) is 22.7. The van der Waals surface area contributed by atoms with Crippen molar-refractivity contribution in [3.05, 3.63) is 142 Å². The zero-order chi connectivity index (χ0) is 69.6. The van der Waals surface area contributed by atoms with E-state index in [0.29, 0.717) is 118 Å². The van der Waals surface area contributed by atoms with E-state index in [1.54, 1.807) is 50.6 Å². The molecule has 4 aliphatic carbocycles. The number of aliphatic carboxylic acids is 1. The summed E-state index contributed by atoms with van der Waals surface area (Å²) in [7, 11) is -4.46. The molecule has 8 atom stereocenters. The van der Waals surface area contributed by atoms with E-state index in [-0.39, 0.29) is 62.6 Å². The molecule has 4 heterocycles. The lowest BCUT2D eigenvalue weighted by Gasteiger charge is -2.26. The number of halogens is 3. The molecule has 12 rings (SSSR count). The first-order valence-corrected chi connectivity index (χ1v) is 36.3. The second-order valence-corrected chi connectivity index (χ2v) is 29.8. The summed E-state index contributed by atoms with van der Waals surface area (Å²) >= 11 is 7.11. The number of nitrogens with one attached hydrogen (secondary N) is 5. The molecule has 524 valence electrons. The Hall–Kier alpha value is -8.09. The van der Waals surface area contributed by atoms with Gasteiger partial charge in [-0.3, -0.25) is 38.2 Å². The van der Waals surface area contributed by atoms with E-state index >= 15 is 0 Å². The van der Waals surface area contributed by atoms with Crippen molar-refractivity contribution in [2.24, 2.45) is 11.8 Å². The van der Waals surface area contributed by atoms with Gasteiger partial charge in [-0.05, 0) is 120 Å². The van der Waals surface area contributed by atoms with Gasteiger partial charge < -0.3 is 54.4 Å². The van der Waals surface area contributed by atoms with Crippen LogP contribution >= 0.6 is 44.3 Å². The number of hydrogen-bond donors (Lipinski definition) is 6. The van der Waals surface area contributed by atoms with Gasteiger partial charge in [0.15, 0.2) is 0 Å². The molecule has 2 saturated heterocycles. The van der Waals surface area contributed by atoms with Crippen molar-refractivity contribution >= 4 is 122 Å². The first kappa shape index (κ1) is 74.1. The summed E-state index contributed by atoms with van der Waals surface area (Å²) in [4.78, 5) is 88.1. The SMILES string of the molecule is C=CC1C[C@]1(NC(=O)[C@@H]1C[C@@H](Oc2cc(OCC)nc3c(Br)c(OC)ccc23)CN1)C(=O)NS(=O)(=O)C1CC1.C=CC1C[C@]1(NC(=O)[C@@H]1C[C@@H](Oc2cc(OCC)nc3c(Br)c(OC)ccc23)CN1C(=O)Cc1ccccc1)C(=O)NS(=O)(=O)C1CC1.Cl.O=C(O)Cc1ccccc1. The summed E-state index contributed by atoms with van der Waals surface area (Å²) in [6.45, 7) is 12.5. The summed E-state index contributed by atoms with van der Waals surface area (Å²) < 4.78 is 90.5. The molecule has 5 amide bonds. The van der Waals surface area contributed by atoms with Crippen LogP contribution in [-0.4, -0.2) is 159 Å². The lowest BCUT2D eigenvalue weighted by atomic mass is 10.1. The molecule has 30 heteroatoms. The van der Waals surface area contributed by atoms with E-state index in [0.717, 1.165) is 16.5 Å². The van der Waals surface area contributed by atoms with Gasteiger partial charge in [0.1, 0.15) is 52.3 Å². The molecule has 6 N–H and O–H groups in total. The van der Waals surface area contributed by atoms with Gasteiger partial charge in [-0.1, -0.05) is 72.8 Å². The number of rotatable bonds is 26. The summed E-state index contributed by atoms with van der Waals surface area (Å²) in [5.41, 5.74) is -0.00371. The highest BCUT2D eigenvalue weighted by molar-refractivity contribution is 9.11. The van der Waals surface area contributed by atoms with Gasteiger partial charge in [0.05, 0.1) is 83.3 Å². The molecule has 6 aromatic rings. The van der Waals surface area contributed by atoms with Gasteiger partial charge in [0.2, 0.25) is 49.5 Å². The molecular weight excluding hydrogens is 1460 g/mol. The quantitative estimate of drug-likeness (QED) is 0.0285. The van der Waals surface area contributed by atoms with Gasteiger partial charge in [-0.2, -0.15) is 0 Å². The number of methoxy groups -OCH3 is 2. The summed E-state index contributed by atoms with van der Waals surface area (Å²) in [5.74, 6) is -1.46. The zero-order valence-electron chi connectivity index (χ0n) is 54.1. The van der Waals surface area contributed by atoms with Gasteiger partial charge in [0.25, 0.3) is 11.8 Å². The monoisotopic (exact) mass is 1530 g/mol. The fraction of sp³-hybridized carbons (Fsp3) is 0.412. The molecule has 6 aliphatic rings. The largest absolute Gasteiger partial charge is 0.495 e. The highest BCUT2D eigenvalue weighted by Crippen LogP contribution is 2.48. The van der Waals surface area contributed by atoms with Crippen LogP contribution in [0.1, 0.15) is 76.3 Å². The highest BCUT2D eigenvalue weighted by atomic mass is 79.9. The van der Waals surface area contributed by atoms with Gasteiger partial charge in [-0.25, -0.2) is 26.8 Å². The summed E-state index contributed by atoms with van der Waals surface area (Å²) in [5, 5.41) is 17.4. The maximum Gasteiger partial charge on any atom is 0.307 e. The second-order valence-electron chi connectivity index (χ2n) is 24.3. The topological polar surface area (TPSA) is 335 Å². The minimum atomic E-state index is -3.85. The number of carbonyl (C=O) groups excluding carboxylic acids is 5. The number of amides is 5. The Morgan fingerprint density at radius 2 is 1.09 bits per heavy atom.